The van der Waals surface area contributed by atoms with Crippen molar-refractivity contribution in [2.24, 2.45) is 0 Å². The molecule has 0 aliphatic heterocycles. The lowest BCUT2D eigenvalue weighted by atomic mass is 10.0. The first-order valence-electron chi connectivity index (χ1n) is 6.02. The summed E-state index contributed by atoms with van der Waals surface area (Å²) in [4.78, 5) is 10.7. The van der Waals surface area contributed by atoms with Gasteiger partial charge in [0.05, 0.1) is 0 Å². The summed E-state index contributed by atoms with van der Waals surface area (Å²) in [6, 6.07) is 15.1. The molecule has 0 unspecified atom stereocenters. The van der Waals surface area contributed by atoms with Gasteiger partial charge in [0.1, 0.15) is 17.8 Å². The predicted octanol–water partition coefficient (Wildman–Crippen LogP) is 4.41. The highest BCUT2D eigenvalue weighted by Crippen LogP contribution is 2.25. The Kier molecular flexibility index (Phi) is 3.78. The Balaban J connectivity index is 2.22. The molecule has 0 atom stereocenters. The van der Waals surface area contributed by atoms with Gasteiger partial charge in [0, 0.05) is 5.56 Å². The first-order valence-corrected chi connectivity index (χ1v) is 6.02. The van der Waals surface area contributed by atoms with Crippen LogP contribution in [-0.2, 0) is 0 Å². The average Bonchev–Trinajstić information content (AvgIpc) is 2.39. The molecule has 0 aromatic heterocycles. The van der Waals surface area contributed by atoms with Crippen LogP contribution in [0.3, 0.4) is 0 Å². The summed E-state index contributed by atoms with van der Waals surface area (Å²) in [7, 11) is 0. The fourth-order valence-corrected chi connectivity index (χ4v) is 1.72. The van der Waals surface area contributed by atoms with Crippen molar-refractivity contribution >= 4 is 6.29 Å². The molecule has 2 aromatic rings. The van der Waals surface area contributed by atoms with Crippen LogP contribution in [0.15, 0.2) is 48.5 Å². The number of ether oxygens (including phenoxy) is 1. The van der Waals surface area contributed by atoms with Gasteiger partial charge >= 0.3 is 0 Å². The molecule has 2 nitrogen and oxygen atoms in total. The zero-order valence-electron chi connectivity index (χ0n) is 10.6. The van der Waals surface area contributed by atoms with E-state index in [4.69, 9.17) is 4.74 Å². The number of rotatable bonds is 4. The van der Waals surface area contributed by atoms with Crippen LogP contribution in [0.25, 0.3) is 0 Å². The third kappa shape index (κ3) is 2.98. The number of aldehydes is 1. The van der Waals surface area contributed by atoms with Crippen LogP contribution in [0.1, 0.15) is 35.7 Å². The normalized spacial score (nSPS) is 10.4. The molecule has 2 rings (SSSR count). The Hall–Kier alpha value is -2.09. The quantitative estimate of drug-likeness (QED) is 0.740. The van der Waals surface area contributed by atoms with Crippen molar-refractivity contribution in [3.8, 4) is 11.5 Å². The molecule has 18 heavy (non-hydrogen) atoms. The minimum absolute atomic E-state index is 0.467. The molecule has 2 heteroatoms. The van der Waals surface area contributed by atoms with Crippen LogP contribution in [0, 0.1) is 0 Å². The van der Waals surface area contributed by atoms with Crippen molar-refractivity contribution in [3.05, 3.63) is 59.7 Å². The van der Waals surface area contributed by atoms with Crippen molar-refractivity contribution in [1.29, 1.82) is 0 Å². The molecule has 0 amide bonds. The third-order valence-corrected chi connectivity index (χ3v) is 2.75. The van der Waals surface area contributed by atoms with E-state index in [9.17, 15) is 4.79 Å². The summed E-state index contributed by atoms with van der Waals surface area (Å²) in [6.07, 6.45) is 0.817. The van der Waals surface area contributed by atoms with Crippen LogP contribution in [-0.4, -0.2) is 6.29 Å². The van der Waals surface area contributed by atoms with E-state index in [1.165, 1.54) is 5.56 Å². The maximum atomic E-state index is 10.7. The van der Waals surface area contributed by atoms with Crippen LogP contribution < -0.4 is 4.74 Å². The molecule has 0 bridgehead atoms. The first-order chi connectivity index (χ1) is 8.69. The van der Waals surface area contributed by atoms with Gasteiger partial charge in [-0.05, 0) is 35.7 Å². The second kappa shape index (κ2) is 5.50. The molecule has 0 aliphatic rings. The van der Waals surface area contributed by atoms with E-state index in [0.717, 1.165) is 12.0 Å². The van der Waals surface area contributed by atoms with Gasteiger partial charge in [0.15, 0.2) is 0 Å². The summed E-state index contributed by atoms with van der Waals surface area (Å²) in [5, 5.41) is 0. The van der Waals surface area contributed by atoms with Gasteiger partial charge in [-0.1, -0.05) is 38.1 Å². The highest BCUT2D eigenvalue weighted by atomic mass is 16.5. The molecular weight excluding hydrogens is 224 g/mol. The van der Waals surface area contributed by atoms with Crippen molar-refractivity contribution in [3.63, 3.8) is 0 Å². The molecular formula is C16H16O2. The Morgan fingerprint density at radius 3 is 2.33 bits per heavy atom. The summed E-state index contributed by atoms with van der Waals surface area (Å²) in [5.41, 5.74) is 1.85. The molecule has 0 saturated heterocycles. The van der Waals surface area contributed by atoms with Gasteiger partial charge in [0.2, 0.25) is 0 Å². The molecule has 0 aliphatic carbocycles. The van der Waals surface area contributed by atoms with Crippen molar-refractivity contribution in [2.75, 3.05) is 0 Å². The largest absolute Gasteiger partial charge is 0.457 e. The first kappa shape index (κ1) is 12.4. The van der Waals surface area contributed by atoms with E-state index in [2.05, 4.69) is 19.9 Å². The molecule has 0 N–H and O–H groups in total. The maximum Gasteiger partial charge on any atom is 0.150 e. The van der Waals surface area contributed by atoms with E-state index in [1.807, 2.05) is 30.3 Å². The second-order valence-electron chi connectivity index (χ2n) is 4.52. The van der Waals surface area contributed by atoms with Crippen molar-refractivity contribution in [2.45, 2.75) is 19.8 Å². The molecule has 92 valence electrons. The Bertz CT molecular complexity index is 544. The van der Waals surface area contributed by atoms with Gasteiger partial charge in [-0.25, -0.2) is 0 Å². The van der Waals surface area contributed by atoms with Crippen LogP contribution in [0.2, 0.25) is 0 Å². The zero-order chi connectivity index (χ0) is 13.0. The number of hydrogen-bond acceptors (Lipinski definition) is 2. The topological polar surface area (TPSA) is 26.3 Å². The fourth-order valence-electron chi connectivity index (χ4n) is 1.72. The summed E-state index contributed by atoms with van der Waals surface area (Å²) in [5.74, 6) is 1.94. The Morgan fingerprint density at radius 2 is 1.67 bits per heavy atom. The minimum Gasteiger partial charge on any atom is -0.457 e. The number of carbonyl (C=O) groups excluding carboxylic acids is 1. The maximum absolute atomic E-state index is 10.7. The van der Waals surface area contributed by atoms with Crippen LogP contribution >= 0.6 is 0 Å². The van der Waals surface area contributed by atoms with Gasteiger partial charge in [-0.15, -0.1) is 0 Å². The molecule has 0 radical (unpaired) electrons. The molecule has 0 saturated carbocycles. The highest BCUT2D eigenvalue weighted by molar-refractivity contribution is 5.75. The van der Waals surface area contributed by atoms with Gasteiger partial charge < -0.3 is 4.74 Å². The summed E-state index contributed by atoms with van der Waals surface area (Å²) < 4.78 is 5.75. The molecule has 0 heterocycles. The lowest BCUT2D eigenvalue weighted by Gasteiger charge is -2.09. The van der Waals surface area contributed by atoms with Gasteiger partial charge in [0.25, 0.3) is 0 Å². The standard InChI is InChI=1S/C16H16O2/c1-12(2)14-6-4-8-16(10-14)18-15-7-3-5-13(9-15)11-17/h3-12H,1-2H3. The van der Waals surface area contributed by atoms with Gasteiger partial charge in [-0.2, -0.15) is 0 Å². The number of carbonyl (C=O) groups is 1. The smallest absolute Gasteiger partial charge is 0.150 e. The van der Waals surface area contributed by atoms with Crippen LogP contribution in [0.5, 0.6) is 11.5 Å². The average molecular weight is 240 g/mol. The van der Waals surface area contributed by atoms with E-state index in [1.54, 1.807) is 12.1 Å². The molecule has 0 fully saturated rings. The SMILES string of the molecule is CC(C)c1cccc(Oc2cccc(C=O)c2)c1. The summed E-state index contributed by atoms with van der Waals surface area (Å²) in [6.45, 7) is 4.29. The predicted molar refractivity (Wildman–Crippen MR) is 72.4 cm³/mol. The highest BCUT2D eigenvalue weighted by Gasteiger charge is 2.02. The number of hydrogen-bond donors (Lipinski definition) is 0. The lowest BCUT2D eigenvalue weighted by molar-refractivity contribution is 0.112. The monoisotopic (exact) mass is 240 g/mol. The van der Waals surface area contributed by atoms with Crippen molar-refractivity contribution < 1.29 is 9.53 Å². The number of benzene rings is 2. The molecule has 0 spiro atoms. The Morgan fingerprint density at radius 1 is 1.00 bits per heavy atom. The Labute approximate surface area is 107 Å². The minimum atomic E-state index is 0.467. The van der Waals surface area contributed by atoms with E-state index < -0.39 is 0 Å². The van der Waals surface area contributed by atoms with Crippen molar-refractivity contribution in [1.82, 2.24) is 0 Å². The zero-order valence-corrected chi connectivity index (χ0v) is 10.6. The van der Waals surface area contributed by atoms with Crippen LogP contribution in [0.4, 0.5) is 0 Å². The summed E-state index contributed by atoms with van der Waals surface area (Å²) >= 11 is 0. The van der Waals surface area contributed by atoms with E-state index in [0.29, 0.717) is 17.2 Å². The molecule has 2 aromatic carbocycles. The van der Waals surface area contributed by atoms with Gasteiger partial charge in [-0.3, -0.25) is 4.79 Å². The second-order valence-corrected chi connectivity index (χ2v) is 4.52. The fraction of sp³-hybridized carbons (Fsp3) is 0.188. The lowest BCUT2D eigenvalue weighted by Crippen LogP contribution is -1.90. The van der Waals surface area contributed by atoms with E-state index in [-0.39, 0.29) is 0 Å². The third-order valence-electron chi connectivity index (χ3n) is 2.75. The van der Waals surface area contributed by atoms with E-state index >= 15 is 0 Å².